The standard InChI is InChI=1S/C11H18BrNO4S2/c1-16-7-3-5-13(6-8-17-2)19(14,15)11-10(12)4-9-18-11/h4,9H,3,5-8H2,1-2H3. The van der Waals surface area contributed by atoms with Gasteiger partial charge < -0.3 is 9.47 Å². The van der Waals surface area contributed by atoms with Crippen molar-refractivity contribution in [2.75, 3.05) is 40.5 Å². The molecule has 0 aliphatic rings. The number of sulfonamides is 1. The van der Waals surface area contributed by atoms with E-state index in [-0.39, 0.29) is 0 Å². The highest BCUT2D eigenvalue weighted by atomic mass is 79.9. The predicted molar refractivity (Wildman–Crippen MR) is 79.1 cm³/mol. The van der Waals surface area contributed by atoms with Crippen LogP contribution in [0.15, 0.2) is 20.1 Å². The first-order valence-corrected chi connectivity index (χ1v) is 8.86. The number of ether oxygens (including phenoxy) is 2. The predicted octanol–water partition coefficient (Wildman–Crippen LogP) is 2.18. The molecular weight excluding hydrogens is 354 g/mol. The molecule has 1 heterocycles. The number of thiophene rings is 1. The van der Waals surface area contributed by atoms with Crippen LogP contribution in [0.5, 0.6) is 0 Å². The topological polar surface area (TPSA) is 55.8 Å². The molecule has 0 aliphatic heterocycles. The van der Waals surface area contributed by atoms with Crippen LogP contribution in [0, 0.1) is 0 Å². The van der Waals surface area contributed by atoms with Crippen LogP contribution >= 0.6 is 27.3 Å². The third-order valence-electron chi connectivity index (χ3n) is 2.46. The summed E-state index contributed by atoms with van der Waals surface area (Å²) in [5.41, 5.74) is 0. The van der Waals surface area contributed by atoms with Gasteiger partial charge in [-0.3, -0.25) is 0 Å². The Bertz CT molecular complexity index is 475. The fraction of sp³-hybridized carbons (Fsp3) is 0.636. The molecule has 0 atom stereocenters. The normalized spacial score (nSPS) is 12.2. The number of halogens is 1. The van der Waals surface area contributed by atoms with E-state index in [1.54, 1.807) is 25.7 Å². The molecule has 1 aromatic rings. The first-order valence-electron chi connectivity index (χ1n) is 5.75. The van der Waals surface area contributed by atoms with Crippen LogP contribution in [0.2, 0.25) is 0 Å². The summed E-state index contributed by atoms with van der Waals surface area (Å²) < 4.78 is 37.4. The summed E-state index contributed by atoms with van der Waals surface area (Å²) >= 11 is 4.48. The zero-order chi connectivity index (χ0) is 14.3. The van der Waals surface area contributed by atoms with Crippen molar-refractivity contribution in [1.82, 2.24) is 4.31 Å². The molecule has 19 heavy (non-hydrogen) atoms. The van der Waals surface area contributed by atoms with Crippen molar-refractivity contribution in [3.63, 3.8) is 0 Å². The molecule has 0 aromatic carbocycles. The lowest BCUT2D eigenvalue weighted by Crippen LogP contribution is -2.35. The molecule has 0 spiro atoms. The van der Waals surface area contributed by atoms with Crippen molar-refractivity contribution >= 4 is 37.3 Å². The number of hydrogen-bond acceptors (Lipinski definition) is 5. The Morgan fingerprint density at radius 1 is 1.26 bits per heavy atom. The molecule has 1 rings (SSSR count). The monoisotopic (exact) mass is 371 g/mol. The van der Waals surface area contributed by atoms with Gasteiger partial charge in [0.25, 0.3) is 10.0 Å². The molecule has 0 fully saturated rings. The van der Waals surface area contributed by atoms with Crippen molar-refractivity contribution in [3.8, 4) is 0 Å². The zero-order valence-electron chi connectivity index (χ0n) is 11.0. The van der Waals surface area contributed by atoms with Crippen LogP contribution in [-0.2, 0) is 19.5 Å². The molecule has 0 bridgehead atoms. The average molecular weight is 372 g/mol. The van der Waals surface area contributed by atoms with Crippen molar-refractivity contribution in [3.05, 3.63) is 15.9 Å². The van der Waals surface area contributed by atoms with Crippen molar-refractivity contribution < 1.29 is 17.9 Å². The van der Waals surface area contributed by atoms with E-state index in [9.17, 15) is 8.42 Å². The summed E-state index contributed by atoms with van der Waals surface area (Å²) in [6.07, 6.45) is 0.655. The second kappa shape index (κ2) is 8.33. The van der Waals surface area contributed by atoms with E-state index in [1.165, 1.54) is 15.6 Å². The summed E-state index contributed by atoms with van der Waals surface area (Å²) in [6, 6.07) is 1.74. The van der Waals surface area contributed by atoms with Gasteiger partial charge in [0.2, 0.25) is 0 Å². The van der Waals surface area contributed by atoms with Crippen LogP contribution in [0.25, 0.3) is 0 Å². The Labute approximate surface area is 126 Å². The van der Waals surface area contributed by atoms with Crippen molar-refractivity contribution in [2.24, 2.45) is 0 Å². The lowest BCUT2D eigenvalue weighted by Gasteiger charge is -2.21. The minimum atomic E-state index is -3.47. The van der Waals surface area contributed by atoms with Crippen LogP contribution in [0.4, 0.5) is 0 Å². The van der Waals surface area contributed by atoms with Gasteiger partial charge in [0, 0.05) is 38.4 Å². The third-order valence-corrected chi connectivity index (χ3v) is 7.01. The highest BCUT2D eigenvalue weighted by molar-refractivity contribution is 9.10. The molecule has 0 saturated carbocycles. The summed E-state index contributed by atoms with van der Waals surface area (Å²) in [5.74, 6) is 0. The van der Waals surface area contributed by atoms with E-state index in [1.807, 2.05) is 0 Å². The molecular formula is C11H18BrNO4S2. The summed E-state index contributed by atoms with van der Waals surface area (Å²) in [5, 5.41) is 1.75. The van der Waals surface area contributed by atoms with Gasteiger partial charge >= 0.3 is 0 Å². The van der Waals surface area contributed by atoms with Crippen molar-refractivity contribution in [2.45, 2.75) is 10.6 Å². The molecule has 110 valence electrons. The lowest BCUT2D eigenvalue weighted by atomic mass is 10.4. The largest absolute Gasteiger partial charge is 0.385 e. The van der Waals surface area contributed by atoms with E-state index in [0.717, 1.165) is 0 Å². The van der Waals surface area contributed by atoms with Gasteiger partial charge in [-0.2, -0.15) is 4.31 Å². The van der Waals surface area contributed by atoms with Gasteiger partial charge in [-0.15, -0.1) is 11.3 Å². The molecule has 5 nitrogen and oxygen atoms in total. The zero-order valence-corrected chi connectivity index (χ0v) is 14.2. The van der Waals surface area contributed by atoms with Gasteiger partial charge in [0.1, 0.15) is 4.21 Å². The Hall–Kier alpha value is 0.01000. The fourth-order valence-electron chi connectivity index (χ4n) is 1.51. The first kappa shape index (κ1) is 17.1. The summed E-state index contributed by atoms with van der Waals surface area (Å²) in [7, 11) is -0.314. The smallest absolute Gasteiger partial charge is 0.253 e. The second-order valence-corrected chi connectivity index (χ2v) is 7.70. The highest BCUT2D eigenvalue weighted by Gasteiger charge is 2.27. The number of hydrogen-bond donors (Lipinski definition) is 0. The molecule has 0 saturated heterocycles. The van der Waals surface area contributed by atoms with Crippen molar-refractivity contribution in [1.29, 1.82) is 0 Å². The maximum Gasteiger partial charge on any atom is 0.253 e. The van der Waals surface area contributed by atoms with E-state index in [4.69, 9.17) is 9.47 Å². The SMILES string of the molecule is COCCCN(CCOC)S(=O)(=O)c1sccc1Br. The summed E-state index contributed by atoms with van der Waals surface area (Å²) in [6.45, 7) is 1.66. The Morgan fingerprint density at radius 3 is 2.47 bits per heavy atom. The molecule has 0 radical (unpaired) electrons. The molecule has 0 unspecified atom stereocenters. The van der Waals surface area contributed by atoms with E-state index in [0.29, 0.717) is 41.4 Å². The highest BCUT2D eigenvalue weighted by Crippen LogP contribution is 2.30. The molecule has 1 aromatic heterocycles. The molecule has 8 heteroatoms. The lowest BCUT2D eigenvalue weighted by molar-refractivity contribution is 0.164. The average Bonchev–Trinajstić information content (AvgIpc) is 2.80. The minimum Gasteiger partial charge on any atom is -0.385 e. The van der Waals surface area contributed by atoms with Gasteiger partial charge in [-0.05, 0) is 33.8 Å². The second-order valence-electron chi connectivity index (χ2n) is 3.80. The van der Waals surface area contributed by atoms with Gasteiger partial charge in [-0.25, -0.2) is 8.42 Å². The molecule has 0 aliphatic carbocycles. The Kier molecular flexibility index (Phi) is 7.48. The van der Waals surface area contributed by atoms with Crippen LogP contribution in [0.1, 0.15) is 6.42 Å². The van der Waals surface area contributed by atoms with Crippen LogP contribution < -0.4 is 0 Å². The van der Waals surface area contributed by atoms with Gasteiger partial charge in [-0.1, -0.05) is 0 Å². The first-order chi connectivity index (χ1) is 9.04. The van der Waals surface area contributed by atoms with E-state index >= 15 is 0 Å². The maximum absolute atomic E-state index is 12.5. The number of nitrogens with zero attached hydrogens (tertiary/aromatic N) is 1. The van der Waals surface area contributed by atoms with Gasteiger partial charge in [0.15, 0.2) is 0 Å². The Morgan fingerprint density at radius 2 is 1.95 bits per heavy atom. The quantitative estimate of drug-likeness (QED) is 0.624. The summed E-state index contributed by atoms with van der Waals surface area (Å²) in [4.78, 5) is 0. The Balaban J connectivity index is 2.85. The molecule has 0 amide bonds. The van der Waals surface area contributed by atoms with Gasteiger partial charge in [0.05, 0.1) is 6.61 Å². The van der Waals surface area contributed by atoms with E-state index < -0.39 is 10.0 Å². The van der Waals surface area contributed by atoms with Crippen LogP contribution in [0.3, 0.4) is 0 Å². The fourth-order valence-corrected chi connectivity index (χ4v) is 5.42. The van der Waals surface area contributed by atoms with Crippen LogP contribution in [-0.4, -0.2) is 53.2 Å². The maximum atomic E-state index is 12.5. The number of rotatable bonds is 9. The molecule has 0 N–H and O–H groups in total. The minimum absolute atomic E-state index is 0.334. The number of methoxy groups -OCH3 is 2. The third kappa shape index (κ3) is 4.80. The van der Waals surface area contributed by atoms with E-state index in [2.05, 4.69) is 15.9 Å².